The standard InChI is InChI=1S/C14H18N4OS/c1-3-4-11-7-10(8-12(15-2)18-11)14(19)17-9-13-16-5-6-20-13/h5-8H,3-4,9H2,1-2H3,(H,15,18)(H,17,19). The van der Waals surface area contributed by atoms with E-state index in [1.807, 2.05) is 11.4 Å². The fourth-order valence-electron chi connectivity index (χ4n) is 1.83. The van der Waals surface area contributed by atoms with Gasteiger partial charge in [0.1, 0.15) is 10.8 Å². The number of aryl methyl sites for hydroxylation is 1. The van der Waals surface area contributed by atoms with E-state index in [2.05, 4.69) is 27.5 Å². The minimum atomic E-state index is -0.101. The van der Waals surface area contributed by atoms with E-state index < -0.39 is 0 Å². The number of nitrogens with one attached hydrogen (secondary N) is 2. The van der Waals surface area contributed by atoms with Crippen LogP contribution < -0.4 is 10.6 Å². The van der Waals surface area contributed by atoms with Crippen molar-refractivity contribution in [3.8, 4) is 0 Å². The number of amides is 1. The fraction of sp³-hybridized carbons (Fsp3) is 0.357. The molecule has 0 aromatic carbocycles. The summed E-state index contributed by atoms with van der Waals surface area (Å²) in [6.45, 7) is 2.55. The summed E-state index contributed by atoms with van der Waals surface area (Å²) >= 11 is 1.53. The molecule has 2 heterocycles. The smallest absolute Gasteiger partial charge is 0.251 e. The molecule has 0 atom stereocenters. The molecule has 0 aliphatic rings. The van der Waals surface area contributed by atoms with Crippen LogP contribution in [0.15, 0.2) is 23.7 Å². The van der Waals surface area contributed by atoms with Crippen LogP contribution in [0.3, 0.4) is 0 Å². The average molecular weight is 290 g/mol. The maximum absolute atomic E-state index is 12.2. The molecule has 6 heteroatoms. The largest absolute Gasteiger partial charge is 0.373 e. The van der Waals surface area contributed by atoms with Gasteiger partial charge >= 0.3 is 0 Å². The van der Waals surface area contributed by atoms with Gasteiger partial charge in [-0.1, -0.05) is 13.3 Å². The van der Waals surface area contributed by atoms with Crippen molar-refractivity contribution >= 4 is 23.1 Å². The van der Waals surface area contributed by atoms with Gasteiger partial charge in [0.2, 0.25) is 0 Å². The predicted molar refractivity (Wildman–Crippen MR) is 81.1 cm³/mol. The highest BCUT2D eigenvalue weighted by molar-refractivity contribution is 7.09. The van der Waals surface area contributed by atoms with Crippen molar-refractivity contribution in [2.45, 2.75) is 26.3 Å². The Balaban J connectivity index is 2.09. The van der Waals surface area contributed by atoms with Crippen LogP contribution in [0.2, 0.25) is 0 Å². The first-order valence-corrected chi connectivity index (χ1v) is 7.46. The van der Waals surface area contributed by atoms with Gasteiger partial charge < -0.3 is 10.6 Å². The minimum absolute atomic E-state index is 0.101. The van der Waals surface area contributed by atoms with Gasteiger partial charge in [0.25, 0.3) is 5.91 Å². The van der Waals surface area contributed by atoms with Gasteiger partial charge in [-0.2, -0.15) is 0 Å². The lowest BCUT2D eigenvalue weighted by atomic mass is 10.1. The second kappa shape index (κ2) is 7.00. The van der Waals surface area contributed by atoms with Crippen LogP contribution in [0.4, 0.5) is 5.82 Å². The van der Waals surface area contributed by atoms with E-state index in [9.17, 15) is 4.79 Å². The molecule has 2 rings (SSSR count). The topological polar surface area (TPSA) is 66.9 Å². The molecule has 2 aromatic heterocycles. The van der Waals surface area contributed by atoms with E-state index >= 15 is 0 Å². The summed E-state index contributed by atoms with van der Waals surface area (Å²) < 4.78 is 0. The van der Waals surface area contributed by atoms with Crippen LogP contribution in [0.1, 0.15) is 34.4 Å². The van der Waals surface area contributed by atoms with Crippen molar-refractivity contribution in [1.29, 1.82) is 0 Å². The average Bonchev–Trinajstić information content (AvgIpc) is 2.98. The van der Waals surface area contributed by atoms with Crippen LogP contribution in [0.5, 0.6) is 0 Å². The summed E-state index contributed by atoms with van der Waals surface area (Å²) in [4.78, 5) is 20.7. The number of nitrogens with zero attached hydrogens (tertiary/aromatic N) is 2. The van der Waals surface area contributed by atoms with Crippen LogP contribution in [0.25, 0.3) is 0 Å². The second-order valence-corrected chi connectivity index (χ2v) is 5.32. The first-order chi connectivity index (χ1) is 9.72. The SMILES string of the molecule is CCCc1cc(C(=O)NCc2nccs2)cc(NC)n1. The van der Waals surface area contributed by atoms with E-state index in [1.165, 1.54) is 11.3 Å². The lowest BCUT2D eigenvalue weighted by Crippen LogP contribution is -2.23. The molecule has 0 fully saturated rings. The molecule has 0 spiro atoms. The first kappa shape index (κ1) is 14.5. The number of carbonyl (C=O) groups excluding carboxylic acids is 1. The minimum Gasteiger partial charge on any atom is -0.373 e. The van der Waals surface area contributed by atoms with Crippen molar-refractivity contribution in [1.82, 2.24) is 15.3 Å². The van der Waals surface area contributed by atoms with Gasteiger partial charge in [0, 0.05) is 29.9 Å². The van der Waals surface area contributed by atoms with E-state index in [-0.39, 0.29) is 5.91 Å². The monoisotopic (exact) mass is 290 g/mol. The highest BCUT2D eigenvalue weighted by Crippen LogP contribution is 2.12. The zero-order chi connectivity index (χ0) is 14.4. The lowest BCUT2D eigenvalue weighted by Gasteiger charge is -2.08. The Kier molecular flexibility index (Phi) is 5.06. The Hall–Kier alpha value is -1.95. The third-order valence-electron chi connectivity index (χ3n) is 2.79. The van der Waals surface area contributed by atoms with E-state index in [0.29, 0.717) is 12.1 Å². The number of pyridine rings is 1. The summed E-state index contributed by atoms with van der Waals surface area (Å²) in [5.74, 6) is 0.617. The van der Waals surface area contributed by atoms with Gasteiger partial charge in [-0.05, 0) is 18.6 Å². The van der Waals surface area contributed by atoms with E-state index in [1.54, 1.807) is 19.3 Å². The molecule has 0 unspecified atom stereocenters. The van der Waals surface area contributed by atoms with Crippen molar-refractivity contribution in [2.24, 2.45) is 0 Å². The highest BCUT2D eigenvalue weighted by Gasteiger charge is 2.09. The first-order valence-electron chi connectivity index (χ1n) is 6.58. The summed E-state index contributed by atoms with van der Waals surface area (Å²) in [5, 5.41) is 8.66. The van der Waals surface area contributed by atoms with Gasteiger partial charge in [0.05, 0.1) is 6.54 Å². The number of aromatic nitrogens is 2. The van der Waals surface area contributed by atoms with Gasteiger partial charge in [0.15, 0.2) is 0 Å². The molecule has 0 aliphatic carbocycles. The summed E-state index contributed by atoms with van der Waals surface area (Å²) in [5.41, 5.74) is 1.56. The molecule has 1 amide bonds. The second-order valence-electron chi connectivity index (χ2n) is 4.34. The Morgan fingerprint density at radius 1 is 1.40 bits per heavy atom. The van der Waals surface area contributed by atoms with Crippen LogP contribution >= 0.6 is 11.3 Å². The Morgan fingerprint density at radius 2 is 2.25 bits per heavy atom. The molecule has 0 radical (unpaired) electrons. The van der Waals surface area contributed by atoms with Crippen molar-refractivity contribution in [3.05, 3.63) is 40.0 Å². The molecule has 2 aromatic rings. The molecular formula is C14H18N4OS. The number of rotatable bonds is 6. The fourth-order valence-corrected chi connectivity index (χ4v) is 2.39. The van der Waals surface area contributed by atoms with Crippen molar-refractivity contribution in [2.75, 3.05) is 12.4 Å². The van der Waals surface area contributed by atoms with E-state index in [0.717, 1.165) is 29.4 Å². The molecule has 0 saturated carbocycles. The van der Waals surface area contributed by atoms with Crippen LogP contribution in [-0.2, 0) is 13.0 Å². The molecular weight excluding hydrogens is 272 g/mol. The maximum atomic E-state index is 12.2. The molecule has 20 heavy (non-hydrogen) atoms. The quantitative estimate of drug-likeness (QED) is 0.857. The molecule has 0 aliphatic heterocycles. The molecule has 0 saturated heterocycles. The molecule has 0 bridgehead atoms. The Morgan fingerprint density at radius 3 is 2.90 bits per heavy atom. The zero-order valence-electron chi connectivity index (χ0n) is 11.6. The van der Waals surface area contributed by atoms with Gasteiger partial charge in [-0.15, -0.1) is 11.3 Å². The normalized spacial score (nSPS) is 10.3. The maximum Gasteiger partial charge on any atom is 0.251 e. The lowest BCUT2D eigenvalue weighted by molar-refractivity contribution is 0.0950. The van der Waals surface area contributed by atoms with Gasteiger partial charge in [-0.25, -0.2) is 9.97 Å². The number of hydrogen-bond donors (Lipinski definition) is 2. The summed E-state index contributed by atoms with van der Waals surface area (Å²) in [6, 6.07) is 3.61. The van der Waals surface area contributed by atoms with Gasteiger partial charge in [-0.3, -0.25) is 4.79 Å². The number of carbonyl (C=O) groups is 1. The van der Waals surface area contributed by atoms with Crippen LogP contribution in [0, 0.1) is 0 Å². The highest BCUT2D eigenvalue weighted by atomic mass is 32.1. The number of hydrogen-bond acceptors (Lipinski definition) is 5. The zero-order valence-corrected chi connectivity index (χ0v) is 12.5. The molecule has 106 valence electrons. The third-order valence-corrected chi connectivity index (χ3v) is 3.57. The molecule has 2 N–H and O–H groups in total. The van der Waals surface area contributed by atoms with E-state index in [4.69, 9.17) is 0 Å². The Bertz CT molecular complexity index is 569. The van der Waals surface area contributed by atoms with Crippen LogP contribution in [-0.4, -0.2) is 22.9 Å². The number of anilines is 1. The molecule has 5 nitrogen and oxygen atoms in total. The summed E-state index contributed by atoms with van der Waals surface area (Å²) in [7, 11) is 1.80. The summed E-state index contributed by atoms with van der Waals surface area (Å²) in [6.07, 6.45) is 3.60. The predicted octanol–water partition coefficient (Wildman–Crippen LogP) is 2.46. The van der Waals surface area contributed by atoms with Crippen molar-refractivity contribution < 1.29 is 4.79 Å². The Labute approximate surface area is 122 Å². The van der Waals surface area contributed by atoms with Crippen molar-refractivity contribution in [3.63, 3.8) is 0 Å². The number of thiazole rings is 1. The third kappa shape index (κ3) is 3.77.